The first-order valence-electron chi connectivity index (χ1n) is 5.37. The molecule has 0 bridgehead atoms. The Hall–Kier alpha value is -0.0800. The highest BCUT2D eigenvalue weighted by atomic mass is 16.3. The highest BCUT2D eigenvalue weighted by molar-refractivity contribution is 4.96. The van der Waals surface area contributed by atoms with Crippen molar-refractivity contribution in [1.29, 1.82) is 0 Å². The predicted molar refractivity (Wildman–Crippen MR) is 55.4 cm³/mol. The van der Waals surface area contributed by atoms with E-state index in [0.717, 1.165) is 18.8 Å². The molecule has 0 heterocycles. The lowest BCUT2D eigenvalue weighted by Gasteiger charge is -2.42. The lowest BCUT2D eigenvalue weighted by atomic mass is 9.70. The van der Waals surface area contributed by atoms with Crippen molar-refractivity contribution in [3.05, 3.63) is 0 Å². The fourth-order valence-electron chi connectivity index (χ4n) is 1.88. The van der Waals surface area contributed by atoms with Crippen molar-refractivity contribution in [2.24, 2.45) is 17.1 Å². The molecule has 2 atom stereocenters. The van der Waals surface area contributed by atoms with Crippen molar-refractivity contribution in [2.45, 2.75) is 52.1 Å². The van der Waals surface area contributed by atoms with E-state index in [0.29, 0.717) is 6.54 Å². The van der Waals surface area contributed by atoms with Crippen LogP contribution in [0.4, 0.5) is 0 Å². The molecule has 1 fully saturated rings. The molecule has 1 saturated carbocycles. The normalized spacial score (nSPS) is 26.5. The molecule has 0 saturated heterocycles. The molecule has 0 aromatic carbocycles. The topological polar surface area (TPSA) is 46.2 Å². The van der Waals surface area contributed by atoms with Gasteiger partial charge in [0.05, 0.1) is 5.60 Å². The molecule has 1 aliphatic rings. The Morgan fingerprint density at radius 1 is 1.38 bits per heavy atom. The van der Waals surface area contributed by atoms with E-state index < -0.39 is 5.60 Å². The first kappa shape index (κ1) is 11.0. The van der Waals surface area contributed by atoms with Crippen LogP contribution >= 0.6 is 0 Å². The molecular formula is C11H23NO. The quantitative estimate of drug-likeness (QED) is 0.687. The molecule has 0 aromatic heterocycles. The molecule has 2 heteroatoms. The van der Waals surface area contributed by atoms with Crippen molar-refractivity contribution >= 4 is 0 Å². The van der Waals surface area contributed by atoms with Gasteiger partial charge in [-0.05, 0) is 25.7 Å². The summed E-state index contributed by atoms with van der Waals surface area (Å²) in [6.07, 6.45) is 4.46. The maximum Gasteiger partial charge on any atom is 0.0687 e. The average Bonchev–Trinajstić information content (AvgIpc) is 2.85. The van der Waals surface area contributed by atoms with Crippen LogP contribution in [0.25, 0.3) is 0 Å². The van der Waals surface area contributed by atoms with E-state index in [1.807, 2.05) is 6.92 Å². The van der Waals surface area contributed by atoms with Gasteiger partial charge < -0.3 is 10.8 Å². The minimum atomic E-state index is -0.586. The van der Waals surface area contributed by atoms with Gasteiger partial charge in [-0.2, -0.15) is 0 Å². The van der Waals surface area contributed by atoms with Crippen LogP contribution in [-0.4, -0.2) is 17.3 Å². The summed E-state index contributed by atoms with van der Waals surface area (Å²) in [6, 6.07) is 0. The van der Waals surface area contributed by atoms with E-state index >= 15 is 0 Å². The van der Waals surface area contributed by atoms with Crippen LogP contribution in [0.15, 0.2) is 0 Å². The third kappa shape index (κ3) is 2.23. The summed E-state index contributed by atoms with van der Waals surface area (Å²) in [5, 5.41) is 10.4. The molecule has 0 spiro atoms. The Balaban J connectivity index is 2.62. The number of aliphatic hydroxyl groups is 1. The maximum absolute atomic E-state index is 10.4. The molecule has 1 rings (SSSR count). The van der Waals surface area contributed by atoms with Crippen LogP contribution in [0.5, 0.6) is 0 Å². The second-order valence-corrected chi connectivity index (χ2v) is 5.04. The fourth-order valence-corrected chi connectivity index (χ4v) is 1.88. The smallest absolute Gasteiger partial charge is 0.0687 e. The highest BCUT2D eigenvalue weighted by Crippen LogP contribution is 2.44. The number of hydrogen-bond acceptors (Lipinski definition) is 2. The molecule has 2 unspecified atom stereocenters. The summed E-state index contributed by atoms with van der Waals surface area (Å²) in [7, 11) is 0. The molecule has 2 nitrogen and oxygen atoms in total. The van der Waals surface area contributed by atoms with Gasteiger partial charge in [0, 0.05) is 12.0 Å². The van der Waals surface area contributed by atoms with Crippen LogP contribution in [0.3, 0.4) is 0 Å². The first-order chi connectivity index (χ1) is 5.95. The van der Waals surface area contributed by atoms with Gasteiger partial charge >= 0.3 is 0 Å². The van der Waals surface area contributed by atoms with Crippen LogP contribution in [0.1, 0.15) is 46.5 Å². The van der Waals surface area contributed by atoms with Gasteiger partial charge in [-0.25, -0.2) is 0 Å². The Labute approximate surface area is 81.5 Å². The summed E-state index contributed by atoms with van der Waals surface area (Å²) in [4.78, 5) is 0. The zero-order valence-corrected chi connectivity index (χ0v) is 9.14. The van der Waals surface area contributed by atoms with E-state index in [9.17, 15) is 5.11 Å². The van der Waals surface area contributed by atoms with E-state index in [-0.39, 0.29) is 5.41 Å². The zero-order valence-electron chi connectivity index (χ0n) is 9.14. The van der Waals surface area contributed by atoms with Crippen molar-refractivity contribution in [3.8, 4) is 0 Å². The number of rotatable bonds is 5. The van der Waals surface area contributed by atoms with Crippen LogP contribution in [-0.2, 0) is 0 Å². The van der Waals surface area contributed by atoms with E-state index in [1.54, 1.807) is 0 Å². The minimum Gasteiger partial charge on any atom is -0.390 e. The highest BCUT2D eigenvalue weighted by Gasteiger charge is 2.43. The molecule has 0 aliphatic heterocycles. The van der Waals surface area contributed by atoms with Gasteiger partial charge in [-0.3, -0.25) is 0 Å². The molecular weight excluding hydrogens is 162 g/mol. The zero-order chi connectivity index (χ0) is 10.1. The van der Waals surface area contributed by atoms with E-state index in [2.05, 4.69) is 13.8 Å². The average molecular weight is 185 g/mol. The Morgan fingerprint density at radius 3 is 2.23 bits per heavy atom. The van der Waals surface area contributed by atoms with Gasteiger partial charge in [0.2, 0.25) is 0 Å². The minimum absolute atomic E-state index is 0.115. The molecule has 0 radical (unpaired) electrons. The number of hydrogen-bond donors (Lipinski definition) is 2. The lowest BCUT2D eigenvalue weighted by Crippen LogP contribution is -2.48. The second kappa shape index (κ2) is 3.58. The van der Waals surface area contributed by atoms with Gasteiger partial charge in [0.25, 0.3) is 0 Å². The molecule has 0 aromatic rings. The van der Waals surface area contributed by atoms with Crippen LogP contribution in [0, 0.1) is 11.3 Å². The molecule has 3 N–H and O–H groups in total. The van der Waals surface area contributed by atoms with Gasteiger partial charge in [-0.1, -0.05) is 26.7 Å². The Morgan fingerprint density at radius 2 is 1.92 bits per heavy atom. The van der Waals surface area contributed by atoms with E-state index in [4.69, 9.17) is 5.73 Å². The summed E-state index contributed by atoms with van der Waals surface area (Å²) in [5.74, 6) is 0.757. The lowest BCUT2D eigenvalue weighted by molar-refractivity contribution is -0.0685. The van der Waals surface area contributed by atoms with Crippen molar-refractivity contribution in [2.75, 3.05) is 6.54 Å². The molecule has 13 heavy (non-hydrogen) atoms. The van der Waals surface area contributed by atoms with Crippen LogP contribution < -0.4 is 5.73 Å². The Kier molecular flexibility index (Phi) is 3.03. The van der Waals surface area contributed by atoms with Gasteiger partial charge in [0.1, 0.15) is 0 Å². The second-order valence-electron chi connectivity index (χ2n) is 5.04. The fraction of sp³-hybridized carbons (Fsp3) is 1.00. The van der Waals surface area contributed by atoms with E-state index in [1.165, 1.54) is 12.8 Å². The van der Waals surface area contributed by atoms with Crippen molar-refractivity contribution in [3.63, 3.8) is 0 Å². The van der Waals surface area contributed by atoms with Crippen molar-refractivity contribution < 1.29 is 5.11 Å². The first-order valence-corrected chi connectivity index (χ1v) is 5.37. The largest absolute Gasteiger partial charge is 0.390 e. The summed E-state index contributed by atoms with van der Waals surface area (Å²) < 4.78 is 0. The molecule has 0 amide bonds. The van der Waals surface area contributed by atoms with Crippen molar-refractivity contribution in [1.82, 2.24) is 0 Å². The van der Waals surface area contributed by atoms with Crippen LogP contribution in [0.2, 0.25) is 0 Å². The third-order valence-electron chi connectivity index (χ3n) is 3.91. The third-order valence-corrected chi connectivity index (χ3v) is 3.91. The maximum atomic E-state index is 10.4. The van der Waals surface area contributed by atoms with Gasteiger partial charge in [0.15, 0.2) is 0 Å². The summed E-state index contributed by atoms with van der Waals surface area (Å²) in [6.45, 7) is 6.72. The summed E-state index contributed by atoms with van der Waals surface area (Å²) in [5.41, 5.74) is 5.04. The summed E-state index contributed by atoms with van der Waals surface area (Å²) >= 11 is 0. The SMILES string of the molecule is CCC(C)(CN)C(C)(O)CC1CC1. The number of nitrogens with two attached hydrogens (primary N) is 1. The molecule has 78 valence electrons. The molecule has 1 aliphatic carbocycles. The van der Waals surface area contributed by atoms with Gasteiger partial charge in [-0.15, -0.1) is 0 Å². The standard InChI is InChI=1S/C11H23NO/c1-4-10(2,8-12)11(3,13)7-9-5-6-9/h9,13H,4-8,12H2,1-3H3. The predicted octanol–water partition coefficient (Wildman–Crippen LogP) is 1.91. The monoisotopic (exact) mass is 185 g/mol. The Bertz CT molecular complexity index is 169.